The van der Waals surface area contributed by atoms with Gasteiger partial charge in [-0.15, -0.1) is 0 Å². The van der Waals surface area contributed by atoms with Crippen molar-refractivity contribution in [1.82, 2.24) is 0 Å². The van der Waals surface area contributed by atoms with E-state index in [9.17, 15) is 4.79 Å². The molecule has 1 aliphatic rings. The van der Waals surface area contributed by atoms with Gasteiger partial charge in [0.15, 0.2) is 0 Å². The molecule has 1 unspecified atom stereocenters. The lowest BCUT2D eigenvalue weighted by Crippen LogP contribution is -2.53. The maximum absolute atomic E-state index is 10.9. The number of primary amides is 1. The summed E-state index contributed by atoms with van der Waals surface area (Å²) in [6.45, 7) is 1.84. The van der Waals surface area contributed by atoms with E-state index in [1.807, 2.05) is 0 Å². The molecule has 0 aromatic heterocycles. The zero-order valence-corrected chi connectivity index (χ0v) is 8.79. The predicted octanol–water partition coefficient (Wildman–Crippen LogP) is 0.538. The van der Waals surface area contributed by atoms with Crippen LogP contribution in [0.3, 0.4) is 0 Å². The molecule has 1 aliphatic carbocycles. The van der Waals surface area contributed by atoms with Crippen LogP contribution in [0.5, 0.6) is 0 Å². The van der Waals surface area contributed by atoms with Crippen molar-refractivity contribution in [3.8, 4) is 0 Å². The first-order chi connectivity index (χ1) is 6.52. The van der Waals surface area contributed by atoms with Crippen LogP contribution in [0.1, 0.15) is 39.0 Å². The van der Waals surface area contributed by atoms with Gasteiger partial charge in [-0.25, -0.2) is 0 Å². The minimum atomic E-state index is -1.03. The van der Waals surface area contributed by atoms with Gasteiger partial charge in [0, 0.05) is 0 Å². The van der Waals surface area contributed by atoms with Crippen LogP contribution in [0.4, 0.5) is 0 Å². The summed E-state index contributed by atoms with van der Waals surface area (Å²) >= 11 is 0. The van der Waals surface area contributed by atoms with Crippen LogP contribution in [0.25, 0.3) is 0 Å². The van der Waals surface area contributed by atoms with Gasteiger partial charge in [0.1, 0.15) is 5.54 Å². The fraction of sp³-hybridized carbons (Fsp3) is 0.900. The standard InChI is InChI=1S/C10H20N2O2/c1-10(12,9(11)13)7-14-8-5-3-2-4-6-8/h8H,2-7,12H2,1H3,(H2,11,13). The van der Waals surface area contributed by atoms with Gasteiger partial charge in [-0.1, -0.05) is 19.3 Å². The number of hydrogen-bond acceptors (Lipinski definition) is 3. The molecule has 4 nitrogen and oxygen atoms in total. The fourth-order valence-corrected chi connectivity index (χ4v) is 1.59. The van der Waals surface area contributed by atoms with Crippen molar-refractivity contribution in [3.63, 3.8) is 0 Å². The van der Waals surface area contributed by atoms with Crippen LogP contribution in [-0.4, -0.2) is 24.2 Å². The second-order valence-electron chi connectivity index (χ2n) is 4.35. The first-order valence-electron chi connectivity index (χ1n) is 5.23. The Bertz CT molecular complexity index is 198. The zero-order valence-electron chi connectivity index (χ0n) is 8.79. The molecule has 0 bridgehead atoms. The molecule has 0 aromatic carbocycles. The van der Waals surface area contributed by atoms with E-state index in [2.05, 4.69) is 0 Å². The Morgan fingerprint density at radius 1 is 1.43 bits per heavy atom. The van der Waals surface area contributed by atoms with Gasteiger partial charge in [0.05, 0.1) is 12.7 Å². The number of carbonyl (C=O) groups excluding carboxylic acids is 1. The zero-order chi connectivity index (χ0) is 10.6. The molecule has 1 atom stereocenters. The van der Waals surface area contributed by atoms with E-state index in [4.69, 9.17) is 16.2 Å². The van der Waals surface area contributed by atoms with Gasteiger partial charge in [-0.3, -0.25) is 4.79 Å². The molecule has 1 saturated carbocycles. The van der Waals surface area contributed by atoms with Crippen molar-refractivity contribution in [2.75, 3.05) is 6.61 Å². The van der Waals surface area contributed by atoms with Gasteiger partial charge < -0.3 is 16.2 Å². The first kappa shape index (κ1) is 11.5. The second kappa shape index (κ2) is 4.75. The molecule has 1 amide bonds. The normalized spacial score (nSPS) is 23.0. The number of ether oxygens (including phenoxy) is 1. The van der Waals surface area contributed by atoms with Crippen molar-refractivity contribution in [3.05, 3.63) is 0 Å². The number of amides is 1. The summed E-state index contributed by atoms with van der Waals surface area (Å²) in [6.07, 6.45) is 6.13. The number of nitrogens with two attached hydrogens (primary N) is 2. The van der Waals surface area contributed by atoms with Crippen LogP contribution < -0.4 is 11.5 Å². The SMILES string of the molecule is CC(N)(COC1CCCCC1)C(N)=O. The summed E-state index contributed by atoms with van der Waals surface area (Å²) in [5, 5.41) is 0. The van der Waals surface area contributed by atoms with Gasteiger partial charge in [-0.05, 0) is 19.8 Å². The van der Waals surface area contributed by atoms with E-state index in [-0.39, 0.29) is 12.7 Å². The predicted molar refractivity (Wildman–Crippen MR) is 54.6 cm³/mol. The van der Waals surface area contributed by atoms with Crippen molar-refractivity contribution >= 4 is 5.91 Å². The Morgan fingerprint density at radius 2 is 2.00 bits per heavy atom. The highest BCUT2D eigenvalue weighted by Crippen LogP contribution is 2.20. The van der Waals surface area contributed by atoms with Crippen LogP contribution in [0.2, 0.25) is 0 Å². The summed E-state index contributed by atoms with van der Waals surface area (Å²) in [5.41, 5.74) is 9.79. The summed E-state index contributed by atoms with van der Waals surface area (Å²) in [5.74, 6) is -0.506. The molecule has 82 valence electrons. The average Bonchev–Trinajstić information content (AvgIpc) is 2.16. The van der Waals surface area contributed by atoms with Gasteiger partial charge in [0.2, 0.25) is 5.91 Å². The van der Waals surface area contributed by atoms with Gasteiger partial charge >= 0.3 is 0 Å². The van der Waals surface area contributed by atoms with Crippen molar-refractivity contribution in [2.24, 2.45) is 11.5 Å². The van der Waals surface area contributed by atoms with Crippen LogP contribution in [0.15, 0.2) is 0 Å². The van der Waals surface area contributed by atoms with Crippen LogP contribution in [0, 0.1) is 0 Å². The van der Waals surface area contributed by atoms with E-state index in [0.29, 0.717) is 0 Å². The van der Waals surface area contributed by atoms with Crippen LogP contribution >= 0.6 is 0 Å². The Labute approximate surface area is 85.0 Å². The Balaban J connectivity index is 2.28. The molecule has 1 fully saturated rings. The topological polar surface area (TPSA) is 78.3 Å². The van der Waals surface area contributed by atoms with E-state index in [0.717, 1.165) is 12.8 Å². The molecule has 0 spiro atoms. The molecule has 0 radical (unpaired) electrons. The molecule has 0 aliphatic heterocycles. The molecule has 4 heteroatoms. The summed E-state index contributed by atoms with van der Waals surface area (Å²) in [6, 6.07) is 0. The van der Waals surface area contributed by atoms with Gasteiger partial charge in [0.25, 0.3) is 0 Å². The first-order valence-corrected chi connectivity index (χ1v) is 5.23. The maximum atomic E-state index is 10.9. The van der Waals surface area contributed by atoms with E-state index in [1.165, 1.54) is 19.3 Å². The monoisotopic (exact) mass is 200 g/mol. The second-order valence-corrected chi connectivity index (χ2v) is 4.35. The quantitative estimate of drug-likeness (QED) is 0.695. The molecule has 4 N–H and O–H groups in total. The van der Waals surface area contributed by atoms with Crippen molar-refractivity contribution in [2.45, 2.75) is 50.7 Å². The third-order valence-corrected chi connectivity index (χ3v) is 2.73. The molecular formula is C10H20N2O2. The Morgan fingerprint density at radius 3 is 2.50 bits per heavy atom. The number of rotatable bonds is 4. The van der Waals surface area contributed by atoms with Crippen molar-refractivity contribution < 1.29 is 9.53 Å². The smallest absolute Gasteiger partial charge is 0.239 e. The largest absolute Gasteiger partial charge is 0.376 e. The fourth-order valence-electron chi connectivity index (χ4n) is 1.59. The van der Waals surface area contributed by atoms with E-state index in [1.54, 1.807) is 6.92 Å². The van der Waals surface area contributed by atoms with Gasteiger partial charge in [-0.2, -0.15) is 0 Å². The highest BCUT2D eigenvalue weighted by atomic mass is 16.5. The molecule has 0 aromatic rings. The number of carbonyl (C=O) groups is 1. The Kier molecular flexibility index (Phi) is 3.89. The molecule has 0 heterocycles. The summed E-state index contributed by atoms with van der Waals surface area (Å²) in [7, 11) is 0. The Hall–Kier alpha value is -0.610. The average molecular weight is 200 g/mol. The lowest BCUT2D eigenvalue weighted by Gasteiger charge is -2.27. The lowest BCUT2D eigenvalue weighted by atomic mass is 9.97. The molecule has 0 saturated heterocycles. The van der Waals surface area contributed by atoms with Crippen LogP contribution in [-0.2, 0) is 9.53 Å². The molecule has 14 heavy (non-hydrogen) atoms. The summed E-state index contributed by atoms with van der Waals surface area (Å²) < 4.78 is 5.58. The lowest BCUT2D eigenvalue weighted by molar-refractivity contribution is -0.125. The highest BCUT2D eigenvalue weighted by molar-refractivity contribution is 5.83. The van der Waals surface area contributed by atoms with E-state index >= 15 is 0 Å². The maximum Gasteiger partial charge on any atom is 0.239 e. The molecule has 1 rings (SSSR count). The third kappa shape index (κ3) is 3.27. The number of hydrogen-bond donors (Lipinski definition) is 2. The minimum Gasteiger partial charge on any atom is -0.376 e. The third-order valence-electron chi connectivity index (χ3n) is 2.73. The highest BCUT2D eigenvalue weighted by Gasteiger charge is 2.27. The van der Waals surface area contributed by atoms with E-state index < -0.39 is 11.4 Å². The molecular weight excluding hydrogens is 180 g/mol. The minimum absolute atomic E-state index is 0.229. The van der Waals surface area contributed by atoms with Crippen molar-refractivity contribution in [1.29, 1.82) is 0 Å². The summed E-state index contributed by atoms with van der Waals surface area (Å²) in [4.78, 5) is 10.9.